The van der Waals surface area contributed by atoms with Crippen LogP contribution in [0.3, 0.4) is 0 Å². The van der Waals surface area contributed by atoms with E-state index in [0.717, 1.165) is 37.7 Å². The van der Waals surface area contributed by atoms with Crippen LogP contribution in [-0.2, 0) is 13.0 Å². The summed E-state index contributed by atoms with van der Waals surface area (Å²) in [4.78, 5) is 6.34. The predicted molar refractivity (Wildman–Crippen MR) is 114 cm³/mol. The molecule has 1 fully saturated rings. The molecule has 5 nitrogen and oxygen atoms in total. The molecule has 164 valence electrons. The summed E-state index contributed by atoms with van der Waals surface area (Å²) < 4.78 is 42.7. The lowest BCUT2D eigenvalue weighted by molar-refractivity contribution is 0.174. The molecule has 0 radical (unpaired) electrons. The monoisotopic (exact) mass is 449 g/mol. The van der Waals surface area contributed by atoms with Crippen LogP contribution in [0.25, 0.3) is 0 Å². The number of halogens is 4. The number of nitrogens with zero attached hydrogens (tertiary/aromatic N) is 3. The molecule has 3 heterocycles. The van der Waals surface area contributed by atoms with E-state index >= 15 is 0 Å². The Hall–Kier alpha value is -2.58. The average Bonchev–Trinajstić information content (AvgIpc) is 3.15. The highest BCUT2D eigenvalue weighted by atomic mass is 35.5. The normalized spacial score (nSPS) is 15.4. The van der Waals surface area contributed by atoms with Gasteiger partial charge < -0.3 is 5.32 Å². The minimum absolute atomic E-state index is 0.0447. The highest BCUT2D eigenvalue weighted by molar-refractivity contribution is 6.30. The van der Waals surface area contributed by atoms with Crippen molar-refractivity contribution in [2.45, 2.75) is 32.7 Å². The van der Waals surface area contributed by atoms with E-state index in [1.807, 2.05) is 6.92 Å². The molecule has 1 aromatic carbocycles. The third kappa shape index (κ3) is 5.19. The molecule has 4 rings (SSSR count). The molecule has 0 aliphatic carbocycles. The van der Waals surface area contributed by atoms with Crippen LogP contribution in [0.1, 0.15) is 29.8 Å². The van der Waals surface area contributed by atoms with E-state index < -0.39 is 11.6 Å². The maximum absolute atomic E-state index is 14.4. The number of aromatic amines is 1. The Morgan fingerprint density at radius 3 is 2.65 bits per heavy atom. The van der Waals surface area contributed by atoms with Gasteiger partial charge in [-0.1, -0.05) is 23.7 Å². The van der Waals surface area contributed by atoms with Crippen molar-refractivity contribution in [1.82, 2.24) is 20.1 Å². The molecule has 9 heteroatoms. The molecule has 0 saturated carbocycles. The van der Waals surface area contributed by atoms with Crippen molar-refractivity contribution in [3.05, 3.63) is 69.8 Å². The maximum atomic E-state index is 14.4. The van der Waals surface area contributed by atoms with Crippen LogP contribution in [0.2, 0.25) is 5.02 Å². The van der Waals surface area contributed by atoms with Crippen LogP contribution in [0, 0.1) is 30.3 Å². The van der Waals surface area contributed by atoms with Crippen LogP contribution < -0.4 is 5.32 Å². The number of likely N-dealkylation sites (tertiary alicyclic amines) is 1. The minimum Gasteiger partial charge on any atom is -0.321 e. The first-order valence-corrected chi connectivity index (χ1v) is 10.6. The molecule has 3 aromatic rings. The molecular formula is C22H23ClF3N5. The molecule has 0 unspecified atom stereocenters. The highest BCUT2D eigenvalue weighted by Crippen LogP contribution is 2.27. The number of hydrogen-bond donors (Lipinski definition) is 2. The van der Waals surface area contributed by atoms with Gasteiger partial charge in [0.25, 0.3) is 0 Å². The predicted octanol–water partition coefficient (Wildman–Crippen LogP) is 5.38. The molecule has 1 aliphatic rings. The van der Waals surface area contributed by atoms with E-state index in [2.05, 4.69) is 25.4 Å². The SMILES string of the molecule is Cc1cc(Nc2nc(CC3CCN(Cc4cccc(Cl)c4F)CC3)c(F)cc2F)n[nH]1. The van der Waals surface area contributed by atoms with Gasteiger partial charge in [0.2, 0.25) is 0 Å². The molecule has 1 saturated heterocycles. The van der Waals surface area contributed by atoms with Gasteiger partial charge in [-0.15, -0.1) is 0 Å². The van der Waals surface area contributed by atoms with Crippen molar-refractivity contribution >= 4 is 23.2 Å². The summed E-state index contributed by atoms with van der Waals surface area (Å²) >= 11 is 5.86. The number of H-pyrrole nitrogens is 1. The number of pyridine rings is 1. The van der Waals surface area contributed by atoms with E-state index in [9.17, 15) is 13.2 Å². The first kappa shape index (κ1) is 21.6. The maximum Gasteiger partial charge on any atom is 0.168 e. The molecule has 2 N–H and O–H groups in total. The van der Waals surface area contributed by atoms with Crippen molar-refractivity contribution < 1.29 is 13.2 Å². The average molecular weight is 450 g/mol. The molecule has 0 amide bonds. The Bertz CT molecular complexity index is 1060. The zero-order chi connectivity index (χ0) is 22.0. The number of benzene rings is 1. The van der Waals surface area contributed by atoms with Gasteiger partial charge in [0.1, 0.15) is 11.6 Å². The Morgan fingerprint density at radius 2 is 1.94 bits per heavy atom. The molecule has 0 spiro atoms. The standard InChI is InChI=1S/C22H23ClF3N5/c1-13-9-20(30-29-13)28-22-18(25)11-17(24)19(27-22)10-14-5-7-31(8-6-14)12-15-3-2-4-16(23)21(15)26/h2-4,9,11,14H,5-8,10,12H2,1H3,(H2,27,28,29,30). The number of anilines is 2. The number of piperidine rings is 1. The molecule has 31 heavy (non-hydrogen) atoms. The van der Waals surface area contributed by atoms with Gasteiger partial charge in [0.05, 0.1) is 10.7 Å². The number of aromatic nitrogens is 3. The zero-order valence-electron chi connectivity index (χ0n) is 17.1. The van der Waals surface area contributed by atoms with E-state index in [4.69, 9.17) is 11.6 Å². The fraction of sp³-hybridized carbons (Fsp3) is 0.364. The van der Waals surface area contributed by atoms with Crippen LogP contribution in [0.5, 0.6) is 0 Å². The van der Waals surface area contributed by atoms with Crippen LogP contribution in [0.15, 0.2) is 30.3 Å². The second-order valence-electron chi connectivity index (χ2n) is 7.95. The van der Waals surface area contributed by atoms with Gasteiger partial charge in [-0.2, -0.15) is 5.10 Å². The quantitative estimate of drug-likeness (QED) is 0.530. The third-order valence-electron chi connectivity index (χ3n) is 5.57. The number of aryl methyl sites for hydroxylation is 1. The van der Waals surface area contributed by atoms with Crippen LogP contribution in [0.4, 0.5) is 24.8 Å². The van der Waals surface area contributed by atoms with Gasteiger partial charge >= 0.3 is 0 Å². The number of hydrogen-bond acceptors (Lipinski definition) is 4. The summed E-state index contributed by atoms with van der Waals surface area (Å²) in [5.74, 6) is -1.20. The van der Waals surface area contributed by atoms with Gasteiger partial charge in [0, 0.05) is 29.9 Å². The molecular weight excluding hydrogens is 427 g/mol. The van der Waals surface area contributed by atoms with E-state index in [-0.39, 0.29) is 28.3 Å². The summed E-state index contributed by atoms with van der Waals surface area (Å²) in [6, 6.07) is 7.59. The molecule has 1 aliphatic heterocycles. The van der Waals surface area contributed by atoms with Crippen molar-refractivity contribution in [3.8, 4) is 0 Å². The second kappa shape index (κ2) is 9.28. The smallest absolute Gasteiger partial charge is 0.168 e. The fourth-order valence-corrected chi connectivity index (χ4v) is 4.07. The lowest BCUT2D eigenvalue weighted by Crippen LogP contribution is -2.34. The molecule has 2 aromatic heterocycles. The van der Waals surface area contributed by atoms with Crippen LogP contribution in [-0.4, -0.2) is 33.2 Å². The highest BCUT2D eigenvalue weighted by Gasteiger charge is 2.23. The van der Waals surface area contributed by atoms with E-state index in [1.165, 1.54) is 6.07 Å². The largest absolute Gasteiger partial charge is 0.321 e. The zero-order valence-corrected chi connectivity index (χ0v) is 17.8. The summed E-state index contributed by atoms with van der Waals surface area (Å²) in [5.41, 5.74) is 1.62. The Kier molecular flexibility index (Phi) is 6.48. The summed E-state index contributed by atoms with van der Waals surface area (Å²) in [6.45, 7) is 3.83. The lowest BCUT2D eigenvalue weighted by Gasteiger charge is -2.32. The second-order valence-corrected chi connectivity index (χ2v) is 8.35. The Balaban J connectivity index is 1.37. The Morgan fingerprint density at radius 1 is 1.16 bits per heavy atom. The first-order chi connectivity index (χ1) is 14.9. The number of nitrogens with one attached hydrogen (secondary N) is 2. The minimum atomic E-state index is -0.764. The first-order valence-electron chi connectivity index (χ1n) is 10.2. The Labute approximate surface area is 183 Å². The van der Waals surface area contributed by atoms with Crippen molar-refractivity contribution in [2.75, 3.05) is 18.4 Å². The van der Waals surface area contributed by atoms with Gasteiger partial charge in [-0.05, 0) is 51.3 Å². The van der Waals surface area contributed by atoms with Crippen molar-refractivity contribution in [2.24, 2.45) is 5.92 Å². The summed E-state index contributed by atoms with van der Waals surface area (Å²) in [5, 5.41) is 9.67. The van der Waals surface area contributed by atoms with Gasteiger partial charge in [-0.3, -0.25) is 10.00 Å². The molecule has 0 bridgehead atoms. The number of rotatable bonds is 6. The summed E-state index contributed by atoms with van der Waals surface area (Å²) in [6.07, 6.45) is 2.06. The molecule has 0 atom stereocenters. The van der Waals surface area contributed by atoms with Crippen molar-refractivity contribution in [3.63, 3.8) is 0 Å². The van der Waals surface area contributed by atoms with Gasteiger partial charge in [0.15, 0.2) is 17.5 Å². The fourth-order valence-electron chi connectivity index (χ4n) is 3.87. The third-order valence-corrected chi connectivity index (χ3v) is 5.86. The van der Waals surface area contributed by atoms with Crippen molar-refractivity contribution in [1.29, 1.82) is 0 Å². The lowest BCUT2D eigenvalue weighted by atomic mass is 9.91. The van der Waals surface area contributed by atoms with E-state index in [1.54, 1.807) is 18.2 Å². The van der Waals surface area contributed by atoms with Crippen LogP contribution >= 0.6 is 11.6 Å². The van der Waals surface area contributed by atoms with Gasteiger partial charge in [-0.25, -0.2) is 18.2 Å². The summed E-state index contributed by atoms with van der Waals surface area (Å²) in [7, 11) is 0. The van der Waals surface area contributed by atoms with E-state index in [0.29, 0.717) is 24.3 Å². The topological polar surface area (TPSA) is 56.8 Å².